The molecule has 0 spiro atoms. The maximum absolute atomic E-state index is 10.7. The number of amides is 2. The van der Waals surface area contributed by atoms with E-state index in [-0.39, 0.29) is 23.1 Å². The minimum atomic E-state index is -0.329. The van der Waals surface area contributed by atoms with Crippen molar-refractivity contribution in [3.8, 4) is 0 Å². The first-order chi connectivity index (χ1) is 4.13. The number of alkyl halides is 1. The predicted octanol–water partition coefficient (Wildman–Crippen LogP) is 0.819. The van der Waals surface area contributed by atoms with Gasteiger partial charge in [-0.1, -0.05) is 15.9 Å². The van der Waals surface area contributed by atoms with E-state index in [4.69, 9.17) is 0 Å². The molecule has 0 saturated carbocycles. The summed E-state index contributed by atoms with van der Waals surface area (Å²) in [5.41, 5.74) is 0. The minimum Gasteiger partial charge on any atom is -0.273 e. The molecular weight excluding hydrogens is 254 g/mol. The number of halogens is 2. The third-order valence-electron chi connectivity index (χ3n) is 1.03. The Labute approximate surface area is 68.9 Å². The van der Waals surface area contributed by atoms with Gasteiger partial charge in [-0.25, -0.2) is 3.93 Å². The summed E-state index contributed by atoms with van der Waals surface area (Å²) in [6.07, 6.45) is 0.254. The quantitative estimate of drug-likeness (QED) is 0.366. The van der Waals surface area contributed by atoms with Crippen molar-refractivity contribution in [1.29, 1.82) is 0 Å². The Balaban J connectivity index is 2.77. The van der Waals surface area contributed by atoms with Crippen LogP contribution in [0.25, 0.3) is 0 Å². The zero-order valence-electron chi connectivity index (χ0n) is 4.30. The van der Waals surface area contributed by atoms with Crippen LogP contribution in [-0.2, 0) is 9.59 Å². The summed E-state index contributed by atoms with van der Waals surface area (Å²) in [5, 5.41) is 0. The second-order valence-corrected chi connectivity index (χ2v) is 3.50. The van der Waals surface area contributed by atoms with Crippen LogP contribution < -0.4 is 0 Å². The van der Waals surface area contributed by atoms with Gasteiger partial charge in [0, 0.05) is 6.42 Å². The van der Waals surface area contributed by atoms with Crippen LogP contribution in [0.15, 0.2) is 0 Å². The summed E-state index contributed by atoms with van der Waals surface area (Å²) in [7, 11) is 0. The van der Waals surface area contributed by atoms with E-state index in [1.165, 1.54) is 0 Å². The summed E-state index contributed by atoms with van der Waals surface area (Å²) < 4.78 is 0.951. The number of carbonyl (C=O) groups excluding carboxylic acids is 2. The van der Waals surface area contributed by atoms with Crippen LogP contribution in [-0.4, -0.2) is 20.6 Å². The topological polar surface area (TPSA) is 37.4 Å². The Kier molecular flexibility index (Phi) is 1.91. The van der Waals surface area contributed by atoms with Gasteiger partial charge in [0.15, 0.2) is 0 Å². The molecule has 9 heavy (non-hydrogen) atoms. The second-order valence-electron chi connectivity index (χ2n) is 1.68. The Morgan fingerprint density at radius 3 is 2.22 bits per heavy atom. The lowest BCUT2D eigenvalue weighted by Crippen LogP contribution is -2.19. The van der Waals surface area contributed by atoms with Crippen molar-refractivity contribution >= 4 is 43.9 Å². The first-order valence-corrected chi connectivity index (χ1v) is 3.92. The fraction of sp³-hybridized carbons (Fsp3) is 0.500. The normalized spacial score (nSPS) is 27.8. The van der Waals surface area contributed by atoms with E-state index in [1.807, 2.05) is 0 Å². The van der Waals surface area contributed by atoms with Gasteiger partial charge >= 0.3 is 0 Å². The molecule has 1 aliphatic heterocycles. The average Bonchev–Trinajstić information content (AvgIpc) is 1.98. The SMILES string of the molecule is O=C1CC(Br)C(=O)N1Br. The molecule has 0 bridgehead atoms. The first-order valence-electron chi connectivity index (χ1n) is 2.29. The summed E-state index contributed by atoms with van der Waals surface area (Å²) in [5.74, 6) is -0.415. The summed E-state index contributed by atoms with van der Waals surface area (Å²) >= 11 is 5.86. The molecule has 1 atom stereocenters. The van der Waals surface area contributed by atoms with E-state index in [1.54, 1.807) is 0 Å². The Morgan fingerprint density at radius 2 is 2.11 bits per heavy atom. The van der Waals surface area contributed by atoms with E-state index in [0.717, 1.165) is 3.93 Å². The van der Waals surface area contributed by atoms with Crippen molar-refractivity contribution < 1.29 is 9.59 Å². The molecule has 1 rings (SSSR count). The molecule has 0 aromatic heterocycles. The molecule has 0 aromatic rings. The molecular formula is C4H3Br2NO2. The standard InChI is InChI=1S/C4H3Br2NO2/c5-2-1-3(8)7(6)4(2)9/h2H,1H2. The maximum Gasteiger partial charge on any atom is 0.253 e. The molecule has 0 aliphatic carbocycles. The molecule has 50 valence electrons. The molecule has 2 amide bonds. The third kappa shape index (κ3) is 1.16. The monoisotopic (exact) mass is 255 g/mol. The highest BCUT2D eigenvalue weighted by Crippen LogP contribution is 2.21. The molecule has 1 aliphatic rings. The number of hydrogen-bond acceptors (Lipinski definition) is 2. The van der Waals surface area contributed by atoms with Gasteiger partial charge in [0.05, 0.1) is 16.1 Å². The lowest BCUT2D eigenvalue weighted by molar-refractivity contribution is -0.131. The van der Waals surface area contributed by atoms with Gasteiger partial charge in [-0.15, -0.1) is 0 Å². The average molecular weight is 257 g/mol. The molecule has 0 N–H and O–H groups in total. The van der Waals surface area contributed by atoms with Crippen LogP contribution >= 0.6 is 32.1 Å². The number of imide groups is 1. The van der Waals surface area contributed by atoms with Gasteiger partial charge in [0.2, 0.25) is 5.91 Å². The highest BCUT2D eigenvalue weighted by Gasteiger charge is 2.35. The molecule has 1 unspecified atom stereocenters. The zero-order valence-corrected chi connectivity index (χ0v) is 7.48. The van der Waals surface area contributed by atoms with Crippen LogP contribution in [0.1, 0.15) is 6.42 Å². The summed E-state index contributed by atoms with van der Waals surface area (Å²) in [6.45, 7) is 0. The van der Waals surface area contributed by atoms with E-state index in [9.17, 15) is 9.59 Å². The van der Waals surface area contributed by atoms with Crippen molar-refractivity contribution in [1.82, 2.24) is 3.93 Å². The van der Waals surface area contributed by atoms with Crippen molar-refractivity contribution in [2.24, 2.45) is 0 Å². The van der Waals surface area contributed by atoms with Crippen LogP contribution in [0.5, 0.6) is 0 Å². The predicted molar refractivity (Wildman–Crippen MR) is 38.1 cm³/mol. The van der Waals surface area contributed by atoms with Crippen LogP contribution in [0, 0.1) is 0 Å². The van der Waals surface area contributed by atoms with Crippen LogP contribution in [0.2, 0.25) is 0 Å². The Hall–Kier alpha value is 0.1000. The van der Waals surface area contributed by atoms with Gasteiger partial charge in [0.1, 0.15) is 4.83 Å². The van der Waals surface area contributed by atoms with E-state index in [2.05, 4.69) is 32.1 Å². The van der Waals surface area contributed by atoms with Crippen molar-refractivity contribution in [2.75, 3.05) is 0 Å². The highest BCUT2D eigenvalue weighted by molar-refractivity contribution is 9.10. The maximum atomic E-state index is 10.7. The number of nitrogens with zero attached hydrogens (tertiary/aromatic N) is 1. The lowest BCUT2D eigenvalue weighted by Gasteiger charge is -1.98. The van der Waals surface area contributed by atoms with E-state index in [0.29, 0.717) is 0 Å². The largest absolute Gasteiger partial charge is 0.273 e. The summed E-state index contributed by atoms with van der Waals surface area (Å²) in [4.78, 5) is 21.0. The van der Waals surface area contributed by atoms with Crippen LogP contribution in [0.3, 0.4) is 0 Å². The molecule has 5 heteroatoms. The zero-order chi connectivity index (χ0) is 7.02. The van der Waals surface area contributed by atoms with Gasteiger partial charge in [-0.3, -0.25) is 9.59 Å². The van der Waals surface area contributed by atoms with Crippen molar-refractivity contribution in [3.63, 3.8) is 0 Å². The Bertz CT molecular complexity index is 170. The minimum absolute atomic E-state index is 0.193. The van der Waals surface area contributed by atoms with Crippen LogP contribution in [0.4, 0.5) is 0 Å². The highest BCUT2D eigenvalue weighted by atomic mass is 79.9. The van der Waals surface area contributed by atoms with Gasteiger partial charge in [-0.2, -0.15) is 0 Å². The third-order valence-corrected chi connectivity index (χ3v) is 2.49. The smallest absolute Gasteiger partial charge is 0.253 e. The fourth-order valence-electron chi connectivity index (χ4n) is 0.567. The van der Waals surface area contributed by atoms with Gasteiger partial charge in [0.25, 0.3) is 5.91 Å². The second kappa shape index (κ2) is 2.38. The number of hydrogen-bond donors (Lipinski definition) is 0. The molecule has 1 heterocycles. The first kappa shape index (κ1) is 7.21. The fourth-order valence-corrected chi connectivity index (χ4v) is 1.72. The Morgan fingerprint density at radius 1 is 1.56 bits per heavy atom. The molecule has 3 nitrogen and oxygen atoms in total. The molecule has 1 fully saturated rings. The van der Waals surface area contributed by atoms with E-state index < -0.39 is 0 Å². The summed E-state index contributed by atoms with van der Waals surface area (Å²) in [6, 6.07) is 0. The molecule has 0 radical (unpaired) electrons. The van der Waals surface area contributed by atoms with Gasteiger partial charge < -0.3 is 0 Å². The van der Waals surface area contributed by atoms with Crippen molar-refractivity contribution in [2.45, 2.75) is 11.2 Å². The van der Waals surface area contributed by atoms with Crippen molar-refractivity contribution in [3.05, 3.63) is 0 Å². The van der Waals surface area contributed by atoms with Gasteiger partial charge in [-0.05, 0) is 0 Å². The lowest BCUT2D eigenvalue weighted by atomic mass is 10.4. The molecule has 1 saturated heterocycles. The van der Waals surface area contributed by atoms with E-state index >= 15 is 0 Å². The molecule has 0 aromatic carbocycles. The number of rotatable bonds is 0. The number of carbonyl (C=O) groups is 2.